The minimum absolute atomic E-state index is 0.517. The van der Waals surface area contributed by atoms with Crippen LogP contribution in [-0.2, 0) is 4.79 Å². The van der Waals surface area contributed by atoms with Gasteiger partial charge in [-0.2, -0.15) is 4.99 Å². The van der Waals surface area contributed by atoms with Gasteiger partial charge in [0, 0.05) is 12.1 Å². The van der Waals surface area contributed by atoms with Gasteiger partial charge in [0.2, 0.25) is 11.8 Å². The van der Waals surface area contributed by atoms with Crippen molar-refractivity contribution < 1.29 is 19.0 Å². The van der Waals surface area contributed by atoms with Gasteiger partial charge in [-0.25, -0.2) is 4.79 Å². The van der Waals surface area contributed by atoms with Crippen molar-refractivity contribution in [3.63, 3.8) is 0 Å². The highest BCUT2D eigenvalue weighted by atomic mass is 16.5. The largest absolute Gasteiger partial charge is 0.489 e. The summed E-state index contributed by atoms with van der Waals surface area (Å²) in [6, 6.07) is 3.67. The van der Waals surface area contributed by atoms with E-state index in [1.807, 2.05) is 12.1 Å². The molecule has 0 aromatic heterocycles. The molecule has 0 atom stereocenters. The molecule has 0 saturated carbocycles. The molecule has 0 radical (unpaired) electrons. The second-order valence-corrected chi connectivity index (χ2v) is 20.4. The van der Waals surface area contributed by atoms with Crippen LogP contribution in [0, 0.1) is 0 Å². The van der Waals surface area contributed by atoms with E-state index in [0.717, 1.165) is 19.3 Å². The first-order valence-electron chi connectivity index (χ1n) is 29.9. The SMILES string of the molecule is CCCCCCCCCCCCCCCCCCOc1cc(N=C=O)cc(OCCCCCCCCCCCCCCCCCC)c1OCCCCCCCCCCCCCCCCCC. The van der Waals surface area contributed by atoms with E-state index in [-0.39, 0.29) is 0 Å². The van der Waals surface area contributed by atoms with Crippen LogP contribution in [0.4, 0.5) is 5.69 Å². The second kappa shape index (κ2) is 52.4. The summed E-state index contributed by atoms with van der Waals surface area (Å²) in [5, 5.41) is 0. The highest BCUT2D eigenvalue weighted by Crippen LogP contribution is 2.42. The molecule has 0 aliphatic carbocycles. The number of hydrogen-bond donors (Lipinski definition) is 0. The third-order valence-corrected chi connectivity index (χ3v) is 13.9. The van der Waals surface area contributed by atoms with Crippen molar-refractivity contribution >= 4 is 11.8 Å². The Labute approximate surface area is 412 Å². The molecule has 386 valence electrons. The lowest BCUT2D eigenvalue weighted by Crippen LogP contribution is -2.06. The minimum atomic E-state index is 0.517. The van der Waals surface area contributed by atoms with Gasteiger partial charge < -0.3 is 14.2 Å². The van der Waals surface area contributed by atoms with Gasteiger partial charge in [0.1, 0.15) is 0 Å². The van der Waals surface area contributed by atoms with Gasteiger partial charge in [-0.3, -0.25) is 0 Å². The predicted octanol–water partition coefficient (Wildman–Crippen LogP) is 21.6. The van der Waals surface area contributed by atoms with Crippen molar-refractivity contribution in [2.45, 2.75) is 329 Å². The summed E-state index contributed by atoms with van der Waals surface area (Å²) in [5.74, 6) is 1.96. The van der Waals surface area contributed by atoms with Crippen LogP contribution < -0.4 is 14.2 Å². The normalized spacial score (nSPS) is 11.3. The zero-order valence-electron chi connectivity index (χ0n) is 44.8. The fraction of sp³-hybridized carbons (Fsp3) is 0.885. The van der Waals surface area contributed by atoms with E-state index in [2.05, 4.69) is 25.8 Å². The molecule has 0 aliphatic rings. The van der Waals surface area contributed by atoms with E-state index in [0.29, 0.717) is 42.8 Å². The molecule has 0 aliphatic heterocycles. The highest BCUT2D eigenvalue weighted by Gasteiger charge is 2.16. The standard InChI is InChI=1S/C61H113NO4/c1-4-7-10-13-16-19-22-25-28-31-34-37-40-43-46-49-52-64-59-55-58(62-57-63)56-60(65-53-50-47-44-41-38-35-32-29-26-23-20-17-14-11-8-5-2)61(59)66-54-51-48-45-42-39-36-33-30-27-24-21-18-15-12-9-6-3/h55-56H,4-54H2,1-3H3. The fourth-order valence-corrected chi connectivity index (χ4v) is 9.53. The molecule has 0 saturated heterocycles. The summed E-state index contributed by atoms with van der Waals surface area (Å²) in [6.07, 6.45) is 66.6. The molecular formula is C61H113NO4. The van der Waals surface area contributed by atoms with Crippen LogP contribution in [0.1, 0.15) is 329 Å². The van der Waals surface area contributed by atoms with Gasteiger partial charge in [-0.05, 0) is 19.3 Å². The average molecular weight is 925 g/mol. The van der Waals surface area contributed by atoms with Crippen molar-refractivity contribution in [1.29, 1.82) is 0 Å². The van der Waals surface area contributed by atoms with Crippen LogP contribution >= 0.6 is 0 Å². The third-order valence-electron chi connectivity index (χ3n) is 13.9. The molecule has 0 fully saturated rings. The molecular weight excluding hydrogens is 811 g/mol. The van der Waals surface area contributed by atoms with Gasteiger partial charge in [0.25, 0.3) is 0 Å². The summed E-state index contributed by atoms with van der Waals surface area (Å²) < 4.78 is 19.3. The number of benzene rings is 1. The monoisotopic (exact) mass is 924 g/mol. The van der Waals surface area contributed by atoms with Gasteiger partial charge >= 0.3 is 0 Å². The maximum atomic E-state index is 11.4. The van der Waals surface area contributed by atoms with Crippen LogP contribution in [-0.4, -0.2) is 25.9 Å². The van der Waals surface area contributed by atoms with Crippen molar-refractivity contribution in [1.82, 2.24) is 0 Å². The third kappa shape index (κ3) is 42.1. The van der Waals surface area contributed by atoms with Crippen molar-refractivity contribution in [2.24, 2.45) is 4.99 Å². The molecule has 1 aromatic rings. The molecule has 0 unspecified atom stereocenters. The Morgan fingerprint density at radius 1 is 0.303 bits per heavy atom. The Hall–Kier alpha value is -2.00. The number of rotatable bonds is 55. The molecule has 5 nitrogen and oxygen atoms in total. The van der Waals surface area contributed by atoms with E-state index in [9.17, 15) is 4.79 Å². The second-order valence-electron chi connectivity index (χ2n) is 20.4. The number of unbranched alkanes of at least 4 members (excludes halogenated alkanes) is 45. The number of aliphatic imine (C=N–C) groups is 1. The number of isocyanates is 1. The molecule has 0 N–H and O–H groups in total. The van der Waals surface area contributed by atoms with Crippen LogP contribution in [0.3, 0.4) is 0 Å². The Morgan fingerprint density at radius 3 is 0.712 bits per heavy atom. The molecule has 1 aromatic carbocycles. The number of ether oxygens (including phenoxy) is 3. The number of nitrogens with zero attached hydrogens (tertiary/aromatic N) is 1. The van der Waals surface area contributed by atoms with E-state index in [1.54, 1.807) is 6.08 Å². The number of hydrogen-bond acceptors (Lipinski definition) is 5. The number of carbonyl (C=O) groups excluding carboxylic acids is 1. The Kier molecular flexibility index (Phi) is 49.2. The zero-order valence-corrected chi connectivity index (χ0v) is 44.8. The molecule has 5 heteroatoms. The maximum Gasteiger partial charge on any atom is 0.240 e. The van der Waals surface area contributed by atoms with Crippen LogP contribution in [0.25, 0.3) is 0 Å². The lowest BCUT2D eigenvalue weighted by molar-refractivity contribution is 0.234. The summed E-state index contributed by atoms with van der Waals surface area (Å²) in [6.45, 7) is 8.78. The van der Waals surface area contributed by atoms with E-state index in [1.165, 1.54) is 289 Å². The maximum absolute atomic E-state index is 11.4. The molecule has 0 amide bonds. The van der Waals surface area contributed by atoms with Gasteiger partial charge in [0.05, 0.1) is 25.5 Å². The molecule has 66 heavy (non-hydrogen) atoms. The lowest BCUT2D eigenvalue weighted by Gasteiger charge is -2.18. The first kappa shape index (κ1) is 62.0. The van der Waals surface area contributed by atoms with Crippen molar-refractivity contribution in [2.75, 3.05) is 19.8 Å². The first-order valence-corrected chi connectivity index (χ1v) is 29.9. The molecule has 0 spiro atoms. The summed E-state index contributed by atoms with van der Waals surface area (Å²) in [5.41, 5.74) is 0.517. The highest BCUT2D eigenvalue weighted by molar-refractivity contribution is 5.62. The van der Waals surface area contributed by atoms with E-state index >= 15 is 0 Å². The summed E-state index contributed by atoms with van der Waals surface area (Å²) in [4.78, 5) is 15.4. The molecule has 1 rings (SSSR count). The van der Waals surface area contributed by atoms with Gasteiger partial charge in [0.15, 0.2) is 11.5 Å². The Bertz CT molecular complexity index is 1100. The summed E-state index contributed by atoms with van der Waals surface area (Å²) in [7, 11) is 0. The fourth-order valence-electron chi connectivity index (χ4n) is 9.53. The lowest BCUT2D eigenvalue weighted by atomic mass is 10.0. The van der Waals surface area contributed by atoms with E-state index in [4.69, 9.17) is 14.2 Å². The average Bonchev–Trinajstić information content (AvgIpc) is 3.32. The van der Waals surface area contributed by atoms with E-state index < -0.39 is 0 Å². The Morgan fingerprint density at radius 2 is 0.500 bits per heavy atom. The summed E-state index contributed by atoms with van der Waals surface area (Å²) >= 11 is 0. The molecule has 0 heterocycles. The smallest absolute Gasteiger partial charge is 0.240 e. The minimum Gasteiger partial charge on any atom is -0.489 e. The first-order chi connectivity index (χ1) is 32.8. The van der Waals surface area contributed by atoms with Crippen LogP contribution in [0.2, 0.25) is 0 Å². The van der Waals surface area contributed by atoms with Crippen molar-refractivity contribution in [3.05, 3.63) is 12.1 Å². The Balaban J connectivity index is 2.46. The van der Waals surface area contributed by atoms with Crippen molar-refractivity contribution in [3.8, 4) is 17.2 Å². The van der Waals surface area contributed by atoms with Gasteiger partial charge in [-0.1, -0.05) is 310 Å². The predicted molar refractivity (Wildman–Crippen MR) is 289 cm³/mol. The quantitative estimate of drug-likeness (QED) is 0.0371. The van der Waals surface area contributed by atoms with Gasteiger partial charge in [-0.15, -0.1) is 0 Å². The molecule has 0 bridgehead atoms. The topological polar surface area (TPSA) is 57.1 Å². The van der Waals surface area contributed by atoms with Crippen LogP contribution in [0.15, 0.2) is 17.1 Å². The van der Waals surface area contributed by atoms with Crippen LogP contribution in [0.5, 0.6) is 17.2 Å². The zero-order chi connectivity index (χ0) is 47.3.